The van der Waals surface area contributed by atoms with Crippen LogP contribution in [0.15, 0.2) is 23.2 Å². The number of aliphatic imine (C=N–C) groups is 1. The highest BCUT2D eigenvalue weighted by atomic mass is 35.5. The fraction of sp³-hybridized carbons (Fsp3) is 0.533. The van der Waals surface area contributed by atoms with Crippen LogP contribution in [-0.4, -0.2) is 28.9 Å². The molecule has 2 nitrogen and oxygen atoms in total. The van der Waals surface area contributed by atoms with Gasteiger partial charge in [0.25, 0.3) is 0 Å². The highest BCUT2D eigenvalue weighted by Crippen LogP contribution is 2.32. The molecule has 5 heteroatoms. The Kier molecular flexibility index (Phi) is 4.79. The molecule has 0 bridgehead atoms. The van der Waals surface area contributed by atoms with Crippen molar-refractivity contribution in [2.75, 3.05) is 18.8 Å². The maximum absolute atomic E-state index is 6.21. The molecule has 20 heavy (non-hydrogen) atoms. The molecule has 2 fully saturated rings. The minimum atomic E-state index is 0.623. The number of benzene rings is 1. The Labute approximate surface area is 134 Å². The third-order valence-electron chi connectivity index (χ3n) is 3.94. The van der Waals surface area contributed by atoms with Crippen molar-refractivity contribution in [3.05, 3.63) is 28.2 Å². The quantitative estimate of drug-likeness (QED) is 0.755. The monoisotopic (exact) mass is 328 g/mol. The van der Waals surface area contributed by atoms with E-state index in [9.17, 15) is 0 Å². The van der Waals surface area contributed by atoms with Gasteiger partial charge in [0.2, 0.25) is 0 Å². The Bertz CT molecular complexity index is 513. The minimum absolute atomic E-state index is 0.623. The summed E-state index contributed by atoms with van der Waals surface area (Å²) in [6.45, 7) is 2.25. The fourth-order valence-corrected chi connectivity index (χ4v) is 4.34. The number of rotatable bonds is 3. The van der Waals surface area contributed by atoms with E-state index in [4.69, 9.17) is 28.2 Å². The molecule has 1 aromatic rings. The molecule has 0 unspecified atom stereocenters. The maximum atomic E-state index is 6.21. The predicted molar refractivity (Wildman–Crippen MR) is 89.5 cm³/mol. The Hall–Kier alpha value is -0.380. The van der Waals surface area contributed by atoms with Gasteiger partial charge >= 0.3 is 0 Å². The summed E-state index contributed by atoms with van der Waals surface area (Å²) >= 11 is 14.0. The summed E-state index contributed by atoms with van der Waals surface area (Å²) in [6.07, 6.45) is 5.52. The number of amidine groups is 1. The van der Waals surface area contributed by atoms with E-state index in [2.05, 4.69) is 4.90 Å². The summed E-state index contributed by atoms with van der Waals surface area (Å²) in [6, 6.07) is 5.49. The van der Waals surface area contributed by atoms with Crippen molar-refractivity contribution in [1.29, 1.82) is 0 Å². The molecule has 0 N–H and O–H groups in total. The van der Waals surface area contributed by atoms with E-state index in [1.165, 1.54) is 25.7 Å². The number of nitrogens with zero attached hydrogens (tertiary/aromatic N) is 2. The standard InChI is InChI=1S/C15H18Cl2N2S/c16-12-5-6-14(13(17)9-12)18-15-19(7-8-20-15)10-11-3-1-2-4-11/h5-6,9,11H,1-4,7-8,10H2. The number of hydrogen-bond donors (Lipinski definition) is 0. The zero-order chi connectivity index (χ0) is 13.9. The van der Waals surface area contributed by atoms with Crippen LogP contribution in [0.5, 0.6) is 0 Å². The average molecular weight is 329 g/mol. The van der Waals surface area contributed by atoms with E-state index >= 15 is 0 Å². The number of thioether (sulfide) groups is 1. The molecule has 108 valence electrons. The van der Waals surface area contributed by atoms with Gasteiger partial charge in [0.1, 0.15) is 0 Å². The van der Waals surface area contributed by atoms with Crippen LogP contribution in [0.1, 0.15) is 25.7 Å². The second kappa shape index (κ2) is 6.59. The maximum Gasteiger partial charge on any atom is 0.164 e. The number of halogens is 2. The Morgan fingerprint density at radius 1 is 1.25 bits per heavy atom. The molecule has 3 rings (SSSR count). The van der Waals surface area contributed by atoms with Crippen molar-refractivity contribution >= 4 is 45.8 Å². The van der Waals surface area contributed by atoms with E-state index < -0.39 is 0 Å². The van der Waals surface area contributed by atoms with Crippen LogP contribution in [0.2, 0.25) is 10.0 Å². The van der Waals surface area contributed by atoms with Crippen LogP contribution in [0.3, 0.4) is 0 Å². The van der Waals surface area contributed by atoms with E-state index in [1.807, 2.05) is 23.9 Å². The topological polar surface area (TPSA) is 15.6 Å². The average Bonchev–Trinajstić information content (AvgIpc) is 3.06. The molecule has 1 aliphatic heterocycles. The van der Waals surface area contributed by atoms with Crippen molar-refractivity contribution in [2.45, 2.75) is 25.7 Å². The van der Waals surface area contributed by atoms with E-state index in [0.717, 1.165) is 35.6 Å². The highest BCUT2D eigenvalue weighted by Gasteiger charge is 2.24. The van der Waals surface area contributed by atoms with Gasteiger partial charge in [0, 0.05) is 23.9 Å². The first kappa shape index (κ1) is 14.6. The second-order valence-corrected chi connectivity index (χ2v) is 7.34. The van der Waals surface area contributed by atoms with Gasteiger partial charge in [-0.15, -0.1) is 0 Å². The lowest BCUT2D eigenvalue weighted by Crippen LogP contribution is -2.29. The van der Waals surface area contributed by atoms with Crippen LogP contribution < -0.4 is 0 Å². The van der Waals surface area contributed by atoms with Crippen molar-refractivity contribution in [1.82, 2.24) is 4.90 Å². The van der Waals surface area contributed by atoms with Crippen LogP contribution in [0.4, 0.5) is 5.69 Å². The van der Waals surface area contributed by atoms with Gasteiger partial charge in [-0.2, -0.15) is 0 Å². The SMILES string of the molecule is Clc1ccc(N=C2SCCN2CC2CCCC2)c(Cl)c1. The van der Waals surface area contributed by atoms with Gasteiger partial charge < -0.3 is 4.90 Å². The van der Waals surface area contributed by atoms with Gasteiger partial charge in [-0.1, -0.05) is 47.8 Å². The normalized spacial score (nSPS) is 22.1. The van der Waals surface area contributed by atoms with Crippen LogP contribution in [0, 0.1) is 5.92 Å². The predicted octanol–water partition coefficient (Wildman–Crippen LogP) is 5.22. The largest absolute Gasteiger partial charge is 0.350 e. The van der Waals surface area contributed by atoms with Gasteiger partial charge in [0.05, 0.1) is 10.7 Å². The highest BCUT2D eigenvalue weighted by molar-refractivity contribution is 8.14. The van der Waals surface area contributed by atoms with Crippen molar-refractivity contribution in [2.24, 2.45) is 10.9 Å². The Morgan fingerprint density at radius 3 is 2.80 bits per heavy atom. The lowest BCUT2D eigenvalue weighted by molar-refractivity contribution is 0.366. The zero-order valence-electron chi connectivity index (χ0n) is 11.3. The van der Waals surface area contributed by atoms with Gasteiger partial charge in [-0.05, 0) is 37.0 Å². The van der Waals surface area contributed by atoms with Gasteiger partial charge in [-0.25, -0.2) is 4.99 Å². The minimum Gasteiger partial charge on any atom is -0.350 e. The Morgan fingerprint density at radius 2 is 2.05 bits per heavy atom. The first-order chi connectivity index (χ1) is 9.72. The van der Waals surface area contributed by atoms with Crippen LogP contribution >= 0.6 is 35.0 Å². The van der Waals surface area contributed by atoms with Crippen molar-refractivity contribution < 1.29 is 0 Å². The summed E-state index contributed by atoms with van der Waals surface area (Å²) in [5.74, 6) is 1.97. The van der Waals surface area contributed by atoms with E-state index in [-0.39, 0.29) is 0 Å². The van der Waals surface area contributed by atoms with Crippen LogP contribution in [-0.2, 0) is 0 Å². The smallest absolute Gasteiger partial charge is 0.164 e. The van der Waals surface area contributed by atoms with Crippen LogP contribution in [0.25, 0.3) is 0 Å². The molecule has 1 saturated heterocycles. The molecular weight excluding hydrogens is 311 g/mol. The Balaban J connectivity index is 1.74. The molecule has 1 heterocycles. The molecule has 0 radical (unpaired) electrons. The molecule has 1 aromatic carbocycles. The molecule has 0 amide bonds. The van der Waals surface area contributed by atoms with Crippen molar-refractivity contribution in [3.63, 3.8) is 0 Å². The van der Waals surface area contributed by atoms with E-state index in [1.54, 1.807) is 6.07 Å². The second-order valence-electron chi connectivity index (χ2n) is 5.44. The van der Waals surface area contributed by atoms with E-state index in [0.29, 0.717) is 10.0 Å². The molecule has 0 spiro atoms. The summed E-state index contributed by atoms with van der Waals surface area (Å²) in [5.41, 5.74) is 0.817. The molecule has 0 aromatic heterocycles. The first-order valence-corrected chi connectivity index (χ1v) is 8.88. The molecule has 1 saturated carbocycles. The number of hydrogen-bond acceptors (Lipinski definition) is 2. The summed E-state index contributed by atoms with van der Waals surface area (Å²) in [5, 5.41) is 2.39. The third kappa shape index (κ3) is 3.44. The zero-order valence-corrected chi connectivity index (χ0v) is 13.6. The summed E-state index contributed by atoms with van der Waals surface area (Å²) in [4.78, 5) is 7.16. The summed E-state index contributed by atoms with van der Waals surface area (Å²) in [7, 11) is 0. The first-order valence-electron chi connectivity index (χ1n) is 7.14. The van der Waals surface area contributed by atoms with Crippen molar-refractivity contribution in [3.8, 4) is 0 Å². The molecule has 0 atom stereocenters. The third-order valence-corrected chi connectivity index (χ3v) is 5.47. The molecule has 1 aliphatic carbocycles. The van der Waals surface area contributed by atoms with Gasteiger partial charge in [-0.3, -0.25) is 0 Å². The molecular formula is C15H18Cl2N2S. The lowest BCUT2D eigenvalue weighted by Gasteiger charge is -2.21. The van der Waals surface area contributed by atoms with Gasteiger partial charge in [0.15, 0.2) is 5.17 Å². The fourth-order valence-electron chi connectivity index (χ4n) is 2.89. The summed E-state index contributed by atoms with van der Waals surface area (Å²) < 4.78 is 0. The molecule has 2 aliphatic rings. The lowest BCUT2D eigenvalue weighted by atomic mass is 10.1.